The lowest BCUT2D eigenvalue weighted by Crippen LogP contribution is -2.29. The molecule has 1 fully saturated rings. The highest BCUT2D eigenvalue weighted by atomic mass is 79.9. The van der Waals surface area contributed by atoms with Crippen molar-refractivity contribution in [3.63, 3.8) is 0 Å². The van der Waals surface area contributed by atoms with Gasteiger partial charge in [-0.1, -0.05) is 31.9 Å². The van der Waals surface area contributed by atoms with E-state index in [1.807, 2.05) is 6.07 Å². The van der Waals surface area contributed by atoms with Crippen LogP contribution < -0.4 is 5.32 Å². The van der Waals surface area contributed by atoms with E-state index in [0.717, 1.165) is 37.8 Å². The second kappa shape index (κ2) is 11.3. The molecule has 0 radical (unpaired) electrons. The number of benzene rings is 2. The summed E-state index contributed by atoms with van der Waals surface area (Å²) >= 11 is 6.25. The van der Waals surface area contributed by atoms with Gasteiger partial charge in [-0.05, 0) is 49.9 Å². The molecule has 162 valence electrons. The summed E-state index contributed by atoms with van der Waals surface area (Å²) in [5.41, 5.74) is 0.191. The second-order valence-electron chi connectivity index (χ2n) is 6.63. The van der Waals surface area contributed by atoms with E-state index in [1.54, 1.807) is 13.2 Å². The van der Waals surface area contributed by atoms with Crippen LogP contribution in [0.1, 0.15) is 25.7 Å². The van der Waals surface area contributed by atoms with E-state index in [9.17, 15) is 24.6 Å². The molecule has 2 aromatic carbocycles. The Hall–Kier alpha value is -2.11. The standard InChI is InChI=1S/C13H17BrN2O3.C6H3BrFNO2/c1-19-11-5-3-10(4-6-11)15-12-7-2-9(14)8-13(12)16(17)18;7-4-1-2-5(8)6(3-4)9(10)11/h2,7-8,10-11,15H,3-6H2,1H3;1-3H. The summed E-state index contributed by atoms with van der Waals surface area (Å²) in [7, 11) is 1.73. The molecule has 0 saturated heterocycles. The normalized spacial score (nSPS) is 18.1. The zero-order valence-electron chi connectivity index (χ0n) is 16.0. The Morgan fingerprint density at radius 2 is 1.50 bits per heavy atom. The minimum atomic E-state index is -0.821. The van der Waals surface area contributed by atoms with E-state index in [-0.39, 0.29) is 16.7 Å². The molecule has 0 aromatic heterocycles. The number of anilines is 1. The number of rotatable bonds is 5. The maximum absolute atomic E-state index is 12.6. The second-order valence-corrected chi connectivity index (χ2v) is 8.46. The number of nitrogens with one attached hydrogen (secondary N) is 1. The molecular weight excluding hydrogens is 529 g/mol. The molecule has 0 unspecified atom stereocenters. The molecule has 3 rings (SSSR count). The van der Waals surface area contributed by atoms with E-state index >= 15 is 0 Å². The van der Waals surface area contributed by atoms with Crippen molar-refractivity contribution in [2.45, 2.75) is 37.8 Å². The molecule has 0 bridgehead atoms. The van der Waals surface area contributed by atoms with E-state index in [0.29, 0.717) is 20.7 Å². The van der Waals surface area contributed by atoms with Crippen LogP contribution in [0.25, 0.3) is 0 Å². The summed E-state index contributed by atoms with van der Waals surface area (Å²) in [6.45, 7) is 0. The molecule has 0 heterocycles. The lowest BCUT2D eigenvalue weighted by Gasteiger charge is -2.28. The van der Waals surface area contributed by atoms with Crippen LogP contribution in [0.4, 0.5) is 21.5 Å². The Balaban J connectivity index is 0.000000248. The van der Waals surface area contributed by atoms with Gasteiger partial charge in [0.2, 0.25) is 5.82 Å². The van der Waals surface area contributed by atoms with Gasteiger partial charge in [0.15, 0.2) is 0 Å². The number of halogens is 3. The van der Waals surface area contributed by atoms with Crippen LogP contribution in [0.2, 0.25) is 0 Å². The van der Waals surface area contributed by atoms with Crippen molar-refractivity contribution in [2.24, 2.45) is 0 Å². The molecule has 0 atom stereocenters. The van der Waals surface area contributed by atoms with Crippen LogP contribution in [-0.4, -0.2) is 29.1 Å². The Morgan fingerprint density at radius 3 is 2.00 bits per heavy atom. The predicted molar refractivity (Wildman–Crippen MR) is 118 cm³/mol. The van der Waals surface area contributed by atoms with Gasteiger partial charge < -0.3 is 10.1 Å². The zero-order chi connectivity index (χ0) is 22.3. The van der Waals surface area contributed by atoms with Gasteiger partial charge in [-0.2, -0.15) is 4.39 Å². The third-order valence-corrected chi connectivity index (χ3v) is 5.62. The fraction of sp³-hybridized carbons (Fsp3) is 0.368. The average molecular weight is 549 g/mol. The van der Waals surface area contributed by atoms with Crippen molar-refractivity contribution in [1.29, 1.82) is 0 Å². The molecule has 0 spiro atoms. The summed E-state index contributed by atoms with van der Waals surface area (Å²) in [6.07, 6.45) is 4.28. The lowest BCUT2D eigenvalue weighted by atomic mass is 9.93. The summed E-state index contributed by atoms with van der Waals surface area (Å²) in [4.78, 5) is 20.0. The van der Waals surface area contributed by atoms with Crippen molar-refractivity contribution < 1.29 is 19.0 Å². The van der Waals surface area contributed by atoms with E-state index < -0.39 is 16.4 Å². The first kappa shape index (κ1) is 24.2. The number of nitro groups is 2. The number of nitro benzene ring substituents is 2. The summed E-state index contributed by atoms with van der Waals surface area (Å²) in [5, 5.41) is 24.4. The van der Waals surface area contributed by atoms with Gasteiger partial charge in [0, 0.05) is 34.2 Å². The minimum absolute atomic E-state index is 0.114. The van der Waals surface area contributed by atoms with Gasteiger partial charge >= 0.3 is 5.69 Å². The van der Waals surface area contributed by atoms with Crippen LogP contribution in [0, 0.1) is 26.0 Å². The Bertz CT molecular complexity index is 908. The number of ether oxygens (including phenoxy) is 1. The molecule has 1 aliphatic rings. The predicted octanol–water partition coefficient (Wildman–Crippen LogP) is 6.22. The zero-order valence-corrected chi connectivity index (χ0v) is 19.2. The number of nitrogens with zero attached hydrogens (tertiary/aromatic N) is 2. The highest BCUT2D eigenvalue weighted by molar-refractivity contribution is 9.10. The molecule has 30 heavy (non-hydrogen) atoms. The lowest BCUT2D eigenvalue weighted by molar-refractivity contribution is -0.387. The molecule has 1 N–H and O–H groups in total. The summed E-state index contributed by atoms with van der Waals surface area (Å²) < 4.78 is 19.1. The Kier molecular flexibility index (Phi) is 9.12. The van der Waals surface area contributed by atoms with Gasteiger partial charge in [0.1, 0.15) is 5.69 Å². The van der Waals surface area contributed by atoms with Gasteiger partial charge in [-0.25, -0.2) is 0 Å². The molecule has 0 amide bonds. The van der Waals surface area contributed by atoms with Gasteiger partial charge in [0.05, 0.1) is 16.0 Å². The third-order valence-electron chi connectivity index (χ3n) is 4.63. The highest BCUT2D eigenvalue weighted by Crippen LogP contribution is 2.31. The smallest absolute Gasteiger partial charge is 0.305 e. The first-order chi connectivity index (χ1) is 14.2. The van der Waals surface area contributed by atoms with Crippen molar-refractivity contribution in [3.8, 4) is 0 Å². The van der Waals surface area contributed by atoms with Crippen molar-refractivity contribution >= 4 is 48.9 Å². The number of methoxy groups -OCH3 is 1. The van der Waals surface area contributed by atoms with Crippen LogP contribution in [0.5, 0.6) is 0 Å². The topological polar surface area (TPSA) is 108 Å². The summed E-state index contributed by atoms with van der Waals surface area (Å²) in [6, 6.07) is 8.95. The molecule has 1 aliphatic carbocycles. The largest absolute Gasteiger partial charge is 0.381 e. The first-order valence-corrected chi connectivity index (χ1v) is 10.6. The Morgan fingerprint density at radius 1 is 0.967 bits per heavy atom. The van der Waals surface area contributed by atoms with Crippen LogP contribution in [-0.2, 0) is 4.74 Å². The average Bonchev–Trinajstić information content (AvgIpc) is 2.72. The highest BCUT2D eigenvalue weighted by Gasteiger charge is 2.23. The van der Waals surface area contributed by atoms with E-state index in [1.165, 1.54) is 12.1 Å². The summed E-state index contributed by atoms with van der Waals surface area (Å²) in [5.74, 6) is -0.821. The monoisotopic (exact) mass is 547 g/mol. The number of hydrogen-bond donors (Lipinski definition) is 1. The van der Waals surface area contributed by atoms with Crippen molar-refractivity contribution in [3.05, 3.63) is 71.4 Å². The van der Waals surface area contributed by atoms with Gasteiger partial charge in [0.25, 0.3) is 5.69 Å². The Labute approximate surface area is 189 Å². The van der Waals surface area contributed by atoms with E-state index in [4.69, 9.17) is 4.74 Å². The van der Waals surface area contributed by atoms with Crippen LogP contribution in [0.3, 0.4) is 0 Å². The number of hydrogen-bond acceptors (Lipinski definition) is 6. The molecule has 1 saturated carbocycles. The van der Waals surface area contributed by atoms with Crippen LogP contribution >= 0.6 is 31.9 Å². The molecule has 8 nitrogen and oxygen atoms in total. The molecule has 0 aliphatic heterocycles. The first-order valence-electron chi connectivity index (χ1n) is 9.04. The molecule has 2 aromatic rings. The maximum atomic E-state index is 12.6. The quantitative estimate of drug-likeness (QED) is 0.351. The SMILES string of the molecule is COC1CCC(Nc2ccc(Br)cc2[N+](=O)[O-])CC1.O=[N+]([O-])c1cc(Br)ccc1F. The van der Waals surface area contributed by atoms with Crippen molar-refractivity contribution in [1.82, 2.24) is 0 Å². The fourth-order valence-corrected chi connectivity index (χ4v) is 3.76. The molecular formula is C19H20Br2FN3O5. The van der Waals surface area contributed by atoms with Gasteiger partial charge in [-0.3, -0.25) is 20.2 Å². The van der Waals surface area contributed by atoms with Gasteiger partial charge in [-0.15, -0.1) is 0 Å². The molecule has 11 heteroatoms. The van der Waals surface area contributed by atoms with Crippen molar-refractivity contribution in [2.75, 3.05) is 12.4 Å². The van der Waals surface area contributed by atoms with E-state index in [2.05, 4.69) is 37.2 Å². The third kappa shape index (κ3) is 6.99. The maximum Gasteiger partial charge on any atom is 0.305 e. The van der Waals surface area contributed by atoms with Crippen LogP contribution in [0.15, 0.2) is 45.3 Å². The fourth-order valence-electron chi connectivity index (χ4n) is 3.07. The minimum Gasteiger partial charge on any atom is -0.381 e.